The summed E-state index contributed by atoms with van der Waals surface area (Å²) in [6, 6.07) is 17.3. The highest BCUT2D eigenvalue weighted by Crippen LogP contribution is 2.39. The summed E-state index contributed by atoms with van der Waals surface area (Å²) in [6.07, 6.45) is 3.81. The average molecular weight is 343 g/mol. The Bertz CT molecular complexity index is 916. The number of benzene rings is 2. The molecule has 3 heteroatoms. The molecule has 1 N–H and O–H groups in total. The van der Waals surface area contributed by atoms with Gasteiger partial charge in [-0.1, -0.05) is 56.3 Å². The number of fused-ring (bicyclic) bond motifs is 1. The third-order valence-electron chi connectivity index (χ3n) is 5.38. The van der Waals surface area contributed by atoms with Gasteiger partial charge in [-0.05, 0) is 48.4 Å². The molecule has 0 amide bonds. The van der Waals surface area contributed by atoms with Gasteiger partial charge in [-0.15, -0.1) is 0 Å². The summed E-state index contributed by atoms with van der Waals surface area (Å²) < 4.78 is 0. The molecule has 0 radical (unpaired) electrons. The molecule has 1 aliphatic carbocycles. The molecule has 132 valence electrons. The van der Waals surface area contributed by atoms with Crippen molar-refractivity contribution >= 4 is 11.5 Å². The Morgan fingerprint density at radius 3 is 2.62 bits per heavy atom. The second kappa shape index (κ2) is 6.91. The van der Waals surface area contributed by atoms with Crippen LogP contribution >= 0.6 is 0 Å². The van der Waals surface area contributed by atoms with Gasteiger partial charge in [0.1, 0.15) is 12.1 Å². The molecule has 1 atom stereocenters. The number of anilines is 2. The van der Waals surface area contributed by atoms with Crippen molar-refractivity contribution in [1.29, 1.82) is 0 Å². The number of aromatic nitrogens is 2. The maximum absolute atomic E-state index is 4.64. The van der Waals surface area contributed by atoms with E-state index >= 15 is 0 Å². The van der Waals surface area contributed by atoms with Crippen LogP contribution in [0.3, 0.4) is 0 Å². The number of nitrogens with one attached hydrogen (secondary N) is 1. The molecule has 0 saturated heterocycles. The molecule has 0 fully saturated rings. The van der Waals surface area contributed by atoms with Gasteiger partial charge in [0.25, 0.3) is 0 Å². The summed E-state index contributed by atoms with van der Waals surface area (Å²) in [4.78, 5) is 9.20. The average Bonchev–Trinajstić information content (AvgIpc) is 3.09. The monoisotopic (exact) mass is 343 g/mol. The molecule has 0 saturated carbocycles. The van der Waals surface area contributed by atoms with Crippen LogP contribution in [0.25, 0.3) is 0 Å². The van der Waals surface area contributed by atoms with Crippen LogP contribution in [0.5, 0.6) is 0 Å². The van der Waals surface area contributed by atoms with Crippen molar-refractivity contribution in [3.8, 4) is 0 Å². The Balaban J connectivity index is 1.68. The molecule has 1 aliphatic rings. The fourth-order valence-electron chi connectivity index (χ4n) is 3.78. The van der Waals surface area contributed by atoms with E-state index in [4.69, 9.17) is 0 Å². The Kier molecular flexibility index (Phi) is 4.46. The van der Waals surface area contributed by atoms with Crippen LogP contribution in [-0.2, 0) is 6.42 Å². The molecular weight excluding hydrogens is 318 g/mol. The minimum atomic E-state index is 0.373. The van der Waals surface area contributed by atoms with Gasteiger partial charge in [-0.2, -0.15) is 0 Å². The highest BCUT2D eigenvalue weighted by atomic mass is 15.0. The summed E-state index contributed by atoms with van der Waals surface area (Å²) in [7, 11) is 0. The van der Waals surface area contributed by atoms with Crippen LogP contribution in [0.1, 0.15) is 60.1 Å². The minimum Gasteiger partial charge on any atom is -0.340 e. The lowest BCUT2D eigenvalue weighted by atomic mass is 9.97. The van der Waals surface area contributed by atoms with Crippen molar-refractivity contribution in [2.24, 2.45) is 0 Å². The van der Waals surface area contributed by atoms with Crippen molar-refractivity contribution in [2.45, 2.75) is 45.4 Å². The quantitative estimate of drug-likeness (QED) is 0.657. The normalized spacial score (nSPS) is 15.9. The Morgan fingerprint density at radius 2 is 1.85 bits per heavy atom. The molecule has 3 nitrogen and oxygen atoms in total. The number of rotatable bonds is 4. The first-order valence-electron chi connectivity index (χ1n) is 9.39. The molecule has 2 aromatic carbocycles. The molecule has 0 aliphatic heterocycles. The topological polar surface area (TPSA) is 37.8 Å². The summed E-state index contributed by atoms with van der Waals surface area (Å²) >= 11 is 0. The third kappa shape index (κ3) is 3.10. The highest BCUT2D eigenvalue weighted by Gasteiger charge is 2.28. The van der Waals surface area contributed by atoms with Crippen molar-refractivity contribution in [1.82, 2.24) is 9.97 Å². The predicted molar refractivity (Wildman–Crippen MR) is 107 cm³/mol. The largest absolute Gasteiger partial charge is 0.340 e. The molecular formula is C23H25N3. The first-order valence-corrected chi connectivity index (χ1v) is 9.39. The third-order valence-corrected chi connectivity index (χ3v) is 5.38. The Hall–Kier alpha value is -2.68. The summed E-state index contributed by atoms with van der Waals surface area (Å²) in [5.41, 5.74) is 7.49. The van der Waals surface area contributed by atoms with Gasteiger partial charge in [0.2, 0.25) is 0 Å². The molecule has 3 aromatic rings. The van der Waals surface area contributed by atoms with Crippen molar-refractivity contribution in [2.75, 3.05) is 5.32 Å². The van der Waals surface area contributed by atoms with E-state index < -0.39 is 0 Å². The fraction of sp³-hybridized carbons (Fsp3) is 0.304. The van der Waals surface area contributed by atoms with E-state index in [0.29, 0.717) is 11.8 Å². The summed E-state index contributed by atoms with van der Waals surface area (Å²) in [5, 5.41) is 3.59. The van der Waals surface area contributed by atoms with Gasteiger partial charge >= 0.3 is 0 Å². The summed E-state index contributed by atoms with van der Waals surface area (Å²) in [6.45, 7) is 6.59. The molecule has 0 spiro atoms. The Labute approximate surface area is 155 Å². The van der Waals surface area contributed by atoms with Crippen molar-refractivity contribution in [3.05, 3.63) is 82.8 Å². The molecule has 1 aromatic heterocycles. The zero-order valence-corrected chi connectivity index (χ0v) is 15.7. The van der Waals surface area contributed by atoms with Crippen LogP contribution in [0.15, 0.2) is 54.9 Å². The van der Waals surface area contributed by atoms with Gasteiger partial charge in [-0.3, -0.25) is 0 Å². The zero-order chi connectivity index (χ0) is 18.1. The number of hydrogen-bond donors (Lipinski definition) is 1. The lowest BCUT2D eigenvalue weighted by Gasteiger charge is -2.15. The number of nitrogens with zero attached hydrogens (tertiary/aromatic N) is 2. The van der Waals surface area contributed by atoms with E-state index in [2.05, 4.69) is 84.6 Å². The number of aryl methyl sites for hydroxylation is 1. The van der Waals surface area contributed by atoms with Gasteiger partial charge < -0.3 is 5.32 Å². The Morgan fingerprint density at radius 1 is 1.04 bits per heavy atom. The van der Waals surface area contributed by atoms with Gasteiger partial charge in [0.15, 0.2) is 0 Å². The van der Waals surface area contributed by atoms with E-state index in [-0.39, 0.29) is 0 Å². The van der Waals surface area contributed by atoms with E-state index in [1.54, 1.807) is 6.33 Å². The smallest absolute Gasteiger partial charge is 0.137 e. The first-order chi connectivity index (χ1) is 12.6. The minimum absolute atomic E-state index is 0.373. The zero-order valence-electron chi connectivity index (χ0n) is 15.7. The van der Waals surface area contributed by atoms with Crippen LogP contribution in [-0.4, -0.2) is 9.97 Å². The van der Waals surface area contributed by atoms with Gasteiger partial charge in [0.05, 0.1) is 5.69 Å². The van der Waals surface area contributed by atoms with Gasteiger partial charge in [-0.25, -0.2) is 9.97 Å². The highest BCUT2D eigenvalue weighted by molar-refractivity contribution is 5.65. The molecule has 0 bridgehead atoms. The van der Waals surface area contributed by atoms with Crippen LogP contribution in [0.4, 0.5) is 11.5 Å². The molecule has 4 rings (SSSR count). The second-order valence-corrected chi connectivity index (χ2v) is 7.44. The standard InChI is InChI=1S/C23H25N3/c1-15(2)18-10-9-16(3)21(13-18)26-23-20-12-11-19(22(20)24-14-25-23)17-7-5-4-6-8-17/h4-10,13-15,19H,11-12H2,1-3H3,(H,24,25,26). The molecule has 1 heterocycles. The maximum Gasteiger partial charge on any atom is 0.137 e. The number of hydrogen-bond acceptors (Lipinski definition) is 3. The molecule has 26 heavy (non-hydrogen) atoms. The van der Waals surface area contributed by atoms with Crippen LogP contribution in [0.2, 0.25) is 0 Å². The molecule has 1 unspecified atom stereocenters. The van der Waals surface area contributed by atoms with Crippen LogP contribution in [0, 0.1) is 6.92 Å². The van der Waals surface area contributed by atoms with E-state index in [0.717, 1.165) is 24.3 Å². The summed E-state index contributed by atoms with van der Waals surface area (Å²) in [5.74, 6) is 1.84. The van der Waals surface area contributed by atoms with Crippen LogP contribution < -0.4 is 5.32 Å². The first kappa shape index (κ1) is 16.8. The van der Waals surface area contributed by atoms with Crippen molar-refractivity contribution < 1.29 is 0 Å². The maximum atomic E-state index is 4.64. The predicted octanol–water partition coefficient (Wildman–Crippen LogP) is 5.73. The second-order valence-electron chi connectivity index (χ2n) is 7.44. The van der Waals surface area contributed by atoms with Crippen molar-refractivity contribution in [3.63, 3.8) is 0 Å². The van der Waals surface area contributed by atoms with Gasteiger partial charge in [0, 0.05) is 17.2 Å². The lowest BCUT2D eigenvalue weighted by molar-refractivity contribution is 0.771. The lowest BCUT2D eigenvalue weighted by Crippen LogP contribution is -2.04. The SMILES string of the molecule is Cc1ccc(C(C)C)cc1Nc1ncnc2c1CCC2c1ccccc1. The van der Waals surface area contributed by atoms with E-state index in [1.165, 1.54) is 27.9 Å². The van der Waals surface area contributed by atoms with E-state index in [9.17, 15) is 0 Å². The fourth-order valence-corrected chi connectivity index (χ4v) is 3.78. The van der Waals surface area contributed by atoms with E-state index in [1.807, 2.05) is 0 Å².